The van der Waals surface area contributed by atoms with E-state index in [1.165, 1.54) is 11.8 Å². The van der Waals surface area contributed by atoms with Gasteiger partial charge >= 0.3 is 5.97 Å². The van der Waals surface area contributed by atoms with Gasteiger partial charge in [0, 0.05) is 17.1 Å². The predicted molar refractivity (Wildman–Crippen MR) is 102 cm³/mol. The molecule has 0 bridgehead atoms. The van der Waals surface area contributed by atoms with E-state index in [1.54, 1.807) is 31.3 Å². The fourth-order valence-corrected chi connectivity index (χ4v) is 2.88. The van der Waals surface area contributed by atoms with Crippen LogP contribution in [-0.2, 0) is 11.8 Å². The van der Waals surface area contributed by atoms with E-state index in [0.717, 1.165) is 5.56 Å². The number of hydrogen-bond acceptors (Lipinski definition) is 4. The number of esters is 1. The second-order valence-corrected chi connectivity index (χ2v) is 6.46. The van der Waals surface area contributed by atoms with Crippen LogP contribution in [0.25, 0.3) is 11.3 Å². The SMILES string of the molecule is COC(=O)c1cc(Br)ccc1NC(=O)c1cc(-c2ccccc2)nn1C. The van der Waals surface area contributed by atoms with E-state index in [1.807, 2.05) is 30.3 Å². The van der Waals surface area contributed by atoms with Crippen molar-refractivity contribution in [3.63, 3.8) is 0 Å². The molecule has 6 nitrogen and oxygen atoms in total. The van der Waals surface area contributed by atoms with Gasteiger partial charge in [-0.15, -0.1) is 0 Å². The van der Waals surface area contributed by atoms with Gasteiger partial charge in [-0.1, -0.05) is 46.3 Å². The molecule has 26 heavy (non-hydrogen) atoms. The number of aromatic nitrogens is 2. The molecule has 1 aromatic heterocycles. The van der Waals surface area contributed by atoms with Crippen LogP contribution in [0.5, 0.6) is 0 Å². The van der Waals surface area contributed by atoms with Crippen molar-refractivity contribution in [3.8, 4) is 11.3 Å². The van der Waals surface area contributed by atoms with Crippen molar-refractivity contribution in [3.05, 3.63) is 70.3 Å². The van der Waals surface area contributed by atoms with Crippen LogP contribution in [0.2, 0.25) is 0 Å². The van der Waals surface area contributed by atoms with Crippen molar-refractivity contribution < 1.29 is 14.3 Å². The predicted octanol–water partition coefficient (Wildman–Crippen LogP) is 3.89. The summed E-state index contributed by atoms with van der Waals surface area (Å²) in [4.78, 5) is 24.6. The van der Waals surface area contributed by atoms with Crippen molar-refractivity contribution >= 4 is 33.5 Å². The number of carbonyl (C=O) groups excluding carboxylic acids is 2. The third-order valence-electron chi connectivity index (χ3n) is 3.82. The molecular formula is C19H16BrN3O3. The summed E-state index contributed by atoms with van der Waals surface area (Å²) in [5.41, 5.74) is 2.62. The first kappa shape index (κ1) is 17.9. The monoisotopic (exact) mass is 413 g/mol. The van der Waals surface area contributed by atoms with Gasteiger partial charge < -0.3 is 10.1 Å². The molecule has 3 rings (SSSR count). The van der Waals surface area contributed by atoms with Gasteiger partial charge in [-0.3, -0.25) is 9.48 Å². The smallest absolute Gasteiger partial charge is 0.340 e. The van der Waals surface area contributed by atoms with Crippen molar-refractivity contribution in [2.75, 3.05) is 12.4 Å². The summed E-state index contributed by atoms with van der Waals surface area (Å²) in [5, 5.41) is 7.14. The summed E-state index contributed by atoms with van der Waals surface area (Å²) in [7, 11) is 2.99. The number of nitrogens with zero attached hydrogens (tertiary/aromatic N) is 2. The minimum Gasteiger partial charge on any atom is -0.465 e. The van der Waals surface area contributed by atoms with Gasteiger partial charge in [-0.2, -0.15) is 5.10 Å². The molecule has 1 heterocycles. The van der Waals surface area contributed by atoms with Crippen LogP contribution >= 0.6 is 15.9 Å². The number of nitrogens with one attached hydrogen (secondary N) is 1. The highest BCUT2D eigenvalue weighted by Gasteiger charge is 2.18. The van der Waals surface area contributed by atoms with Crippen molar-refractivity contribution in [2.45, 2.75) is 0 Å². The van der Waals surface area contributed by atoms with Gasteiger partial charge in [0.05, 0.1) is 24.1 Å². The van der Waals surface area contributed by atoms with E-state index in [4.69, 9.17) is 4.74 Å². The van der Waals surface area contributed by atoms with E-state index in [-0.39, 0.29) is 11.5 Å². The largest absolute Gasteiger partial charge is 0.465 e. The van der Waals surface area contributed by atoms with Gasteiger partial charge in [-0.05, 0) is 24.3 Å². The van der Waals surface area contributed by atoms with Crippen LogP contribution in [-0.4, -0.2) is 28.8 Å². The number of halogens is 1. The maximum atomic E-state index is 12.7. The lowest BCUT2D eigenvalue weighted by Gasteiger charge is -2.10. The number of carbonyl (C=O) groups is 2. The molecular weight excluding hydrogens is 398 g/mol. The molecule has 0 fully saturated rings. The summed E-state index contributed by atoms with van der Waals surface area (Å²) < 4.78 is 7.00. The van der Waals surface area contributed by atoms with E-state index in [0.29, 0.717) is 21.5 Å². The number of aryl methyl sites for hydroxylation is 1. The minimum atomic E-state index is -0.531. The molecule has 0 spiro atoms. The Balaban J connectivity index is 1.90. The molecule has 0 aliphatic heterocycles. The van der Waals surface area contributed by atoms with Gasteiger partial charge in [0.1, 0.15) is 5.69 Å². The number of anilines is 1. The number of rotatable bonds is 4. The molecule has 1 N–H and O–H groups in total. The molecule has 0 saturated carbocycles. The van der Waals surface area contributed by atoms with Crippen LogP contribution in [0.4, 0.5) is 5.69 Å². The Labute approximate surface area is 158 Å². The zero-order valence-corrected chi connectivity index (χ0v) is 15.8. The second kappa shape index (κ2) is 7.53. The zero-order chi connectivity index (χ0) is 18.7. The highest BCUT2D eigenvalue weighted by molar-refractivity contribution is 9.10. The Morgan fingerprint density at radius 1 is 1.12 bits per heavy atom. The molecule has 0 radical (unpaired) electrons. The highest BCUT2D eigenvalue weighted by atomic mass is 79.9. The maximum Gasteiger partial charge on any atom is 0.340 e. The third-order valence-corrected chi connectivity index (χ3v) is 4.31. The molecule has 3 aromatic rings. The topological polar surface area (TPSA) is 73.2 Å². The number of ether oxygens (including phenoxy) is 1. The van der Waals surface area contributed by atoms with Gasteiger partial charge in [0.25, 0.3) is 5.91 Å². The maximum absolute atomic E-state index is 12.7. The summed E-state index contributed by atoms with van der Waals surface area (Å²) in [6, 6.07) is 16.3. The lowest BCUT2D eigenvalue weighted by Crippen LogP contribution is -2.18. The van der Waals surface area contributed by atoms with Gasteiger partial charge in [0.15, 0.2) is 0 Å². The molecule has 2 aromatic carbocycles. The van der Waals surface area contributed by atoms with Gasteiger partial charge in [-0.25, -0.2) is 4.79 Å². The number of hydrogen-bond donors (Lipinski definition) is 1. The van der Waals surface area contributed by atoms with E-state index < -0.39 is 5.97 Å². The Morgan fingerprint density at radius 3 is 2.54 bits per heavy atom. The quantitative estimate of drug-likeness (QED) is 0.658. The number of benzene rings is 2. The number of methoxy groups -OCH3 is 1. The molecule has 1 amide bonds. The highest BCUT2D eigenvalue weighted by Crippen LogP contribution is 2.24. The van der Waals surface area contributed by atoms with Crippen molar-refractivity contribution in [1.82, 2.24) is 9.78 Å². The molecule has 0 atom stereocenters. The van der Waals surface area contributed by atoms with Crippen LogP contribution in [0, 0.1) is 0 Å². The molecule has 0 aliphatic rings. The van der Waals surface area contributed by atoms with Gasteiger partial charge in [0.2, 0.25) is 0 Å². The number of amides is 1. The van der Waals surface area contributed by atoms with E-state index in [2.05, 4.69) is 26.3 Å². The minimum absolute atomic E-state index is 0.265. The molecule has 0 unspecified atom stereocenters. The first-order chi connectivity index (χ1) is 12.5. The van der Waals surface area contributed by atoms with Crippen LogP contribution < -0.4 is 5.32 Å². The van der Waals surface area contributed by atoms with Crippen molar-refractivity contribution in [2.24, 2.45) is 7.05 Å². The van der Waals surface area contributed by atoms with Crippen LogP contribution in [0.3, 0.4) is 0 Å². The molecule has 7 heteroatoms. The van der Waals surface area contributed by atoms with Crippen LogP contribution in [0.1, 0.15) is 20.8 Å². The lowest BCUT2D eigenvalue weighted by atomic mass is 10.1. The Kier molecular flexibility index (Phi) is 5.18. The summed E-state index contributed by atoms with van der Waals surface area (Å²) in [5.74, 6) is -0.897. The summed E-state index contributed by atoms with van der Waals surface area (Å²) >= 11 is 3.31. The fourth-order valence-electron chi connectivity index (χ4n) is 2.52. The Bertz CT molecular complexity index is 967. The van der Waals surface area contributed by atoms with Crippen LogP contribution in [0.15, 0.2) is 59.1 Å². The second-order valence-electron chi connectivity index (χ2n) is 5.54. The summed E-state index contributed by atoms with van der Waals surface area (Å²) in [6.45, 7) is 0. The lowest BCUT2D eigenvalue weighted by molar-refractivity contribution is 0.0602. The molecule has 0 saturated heterocycles. The zero-order valence-electron chi connectivity index (χ0n) is 14.2. The average Bonchev–Trinajstić information content (AvgIpc) is 3.05. The Morgan fingerprint density at radius 2 is 1.85 bits per heavy atom. The van der Waals surface area contributed by atoms with E-state index in [9.17, 15) is 9.59 Å². The van der Waals surface area contributed by atoms with Crippen molar-refractivity contribution in [1.29, 1.82) is 0 Å². The normalized spacial score (nSPS) is 10.4. The average molecular weight is 414 g/mol. The third kappa shape index (κ3) is 3.67. The molecule has 0 aliphatic carbocycles. The first-order valence-electron chi connectivity index (χ1n) is 7.78. The first-order valence-corrected chi connectivity index (χ1v) is 8.57. The fraction of sp³-hybridized carbons (Fsp3) is 0.105. The van der Waals surface area contributed by atoms with E-state index >= 15 is 0 Å². The summed E-state index contributed by atoms with van der Waals surface area (Å²) in [6.07, 6.45) is 0. The standard InChI is InChI=1S/C19H16BrN3O3/c1-23-17(11-16(22-23)12-6-4-3-5-7-12)18(24)21-15-9-8-13(20)10-14(15)19(25)26-2/h3-11H,1-2H3,(H,21,24). The Hall–Kier alpha value is -2.93. The molecule has 132 valence electrons.